The van der Waals surface area contributed by atoms with Gasteiger partial charge in [0.1, 0.15) is 0 Å². The van der Waals surface area contributed by atoms with Crippen LogP contribution in [0.5, 0.6) is 0 Å². The van der Waals surface area contributed by atoms with Gasteiger partial charge < -0.3 is 9.47 Å². The lowest BCUT2D eigenvalue weighted by Crippen LogP contribution is -2.41. The van der Waals surface area contributed by atoms with Gasteiger partial charge in [-0.1, -0.05) is 40.0 Å². The molecule has 0 aliphatic carbocycles. The highest BCUT2D eigenvalue weighted by Gasteiger charge is 2.33. The van der Waals surface area contributed by atoms with Crippen molar-refractivity contribution in [1.29, 1.82) is 0 Å². The predicted molar refractivity (Wildman–Crippen MR) is 67.5 cm³/mol. The maximum atomic E-state index is 5.83. The van der Waals surface area contributed by atoms with Gasteiger partial charge >= 0.3 is 0 Å². The molecule has 1 fully saturated rings. The fraction of sp³-hybridized carbons (Fsp3) is 1.00. The Hall–Kier alpha value is -0.0800. The normalized spacial score (nSPS) is 21.2. The molecule has 0 unspecified atom stereocenters. The molecule has 1 heterocycles. The summed E-state index contributed by atoms with van der Waals surface area (Å²) in [7, 11) is 0. The van der Waals surface area contributed by atoms with Crippen LogP contribution >= 0.6 is 0 Å². The van der Waals surface area contributed by atoms with E-state index in [-0.39, 0.29) is 6.29 Å². The molecule has 0 radical (unpaired) electrons. The van der Waals surface area contributed by atoms with Crippen molar-refractivity contribution in [3.05, 3.63) is 0 Å². The minimum atomic E-state index is 0.0723. The molecule has 1 aliphatic rings. The minimum Gasteiger partial charge on any atom is -0.352 e. The highest BCUT2D eigenvalue weighted by Crippen LogP contribution is 2.32. The summed E-state index contributed by atoms with van der Waals surface area (Å²) in [6.45, 7) is 8.48. The van der Waals surface area contributed by atoms with E-state index in [1.807, 2.05) is 0 Å². The first-order chi connectivity index (χ1) is 7.76. The van der Waals surface area contributed by atoms with E-state index in [0.717, 1.165) is 32.5 Å². The van der Waals surface area contributed by atoms with Crippen LogP contribution in [-0.4, -0.2) is 19.5 Å². The van der Waals surface area contributed by atoms with Crippen molar-refractivity contribution < 1.29 is 9.47 Å². The Labute approximate surface area is 101 Å². The maximum Gasteiger partial charge on any atom is 0.157 e. The molecule has 2 heteroatoms. The maximum absolute atomic E-state index is 5.83. The lowest BCUT2D eigenvalue weighted by Gasteiger charge is -2.39. The first kappa shape index (κ1) is 14.0. The van der Waals surface area contributed by atoms with Crippen molar-refractivity contribution in [3.8, 4) is 0 Å². The van der Waals surface area contributed by atoms with Gasteiger partial charge in [-0.25, -0.2) is 0 Å². The van der Waals surface area contributed by atoms with E-state index in [4.69, 9.17) is 9.47 Å². The summed E-state index contributed by atoms with van der Waals surface area (Å²) in [6, 6.07) is 0. The quantitative estimate of drug-likeness (QED) is 0.610. The van der Waals surface area contributed by atoms with Crippen molar-refractivity contribution in [2.45, 2.75) is 72.0 Å². The van der Waals surface area contributed by atoms with Crippen molar-refractivity contribution in [3.63, 3.8) is 0 Å². The van der Waals surface area contributed by atoms with Gasteiger partial charge in [-0.2, -0.15) is 0 Å². The molecule has 96 valence electrons. The van der Waals surface area contributed by atoms with Gasteiger partial charge in [0.05, 0.1) is 13.2 Å². The Morgan fingerprint density at radius 2 is 1.56 bits per heavy atom. The summed E-state index contributed by atoms with van der Waals surface area (Å²) in [5.41, 5.74) is 0.292. The standard InChI is InChI=1S/C14H28O2/c1-4-7-8-9-10-13-15-11-14(5-2,6-3)12-16-13/h13H,4-12H2,1-3H3. The SMILES string of the molecule is CCCCCCC1OCC(CC)(CC)CO1. The van der Waals surface area contributed by atoms with E-state index in [1.165, 1.54) is 25.7 Å². The Morgan fingerprint density at radius 1 is 0.938 bits per heavy atom. The average Bonchev–Trinajstić information content (AvgIpc) is 2.36. The minimum absolute atomic E-state index is 0.0723. The molecule has 0 amide bonds. The second-order valence-corrected chi connectivity index (χ2v) is 5.11. The number of hydrogen-bond acceptors (Lipinski definition) is 2. The Kier molecular flexibility index (Phi) is 6.37. The molecule has 16 heavy (non-hydrogen) atoms. The Balaban J connectivity index is 2.16. The number of ether oxygens (including phenoxy) is 2. The number of hydrogen-bond donors (Lipinski definition) is 0. The smallest absolute Gasteiger partial charge is 0.157 e. The summed E-state index contributed by atoms with van der Waals surface area (Å²) >= 11 is 0. The van der Waals surface area contributed by atoms with Crippen molar-refractivity contribution in [2.75, 3.05) is 13.2 Å². The molecule has 0 aromatic rings. The summed E-state index contributed by atoms with van der Waals surface area (Å²) in [4.78, 5) is 0. The van der Waals surface area contributed by atoms with Crippen LogP contribution in [0.1, 0.15) is 65.7 Å². The average molecular weight is 228 g/mol. The third kappa shape index (κ3) is 4.06. The monoisotopic (exact) mass is 228 g/mol. The second kappa shape index (κ2) is 7.29. The zero-order valence-corrected chi connectivity index (χ0v) is 11.3. The largest absolute Gasteiger partial charge is 0.352 e. The topological polar surface area (TPSA) is 18.5 Å². The molecule has 0 aromatic heterocycles. The zero-order chi connectivity index (χ0) is 11.9. The number of rotatable bonds is 7. The number of unbranched alkanes of at least 4 members (excludes halogenated alkanes) is 3. The zero-order valence-electron chi connectivity index (χ0n) is 11.3. The van der Waals surface area contributed by atoms with Gasteiger partial charge in [0.2, 0.25) is 0 Å². The summed E-state index contributed by atoms with van der Waals surface area (Å²) in [5, 5.41) is 0. The molecular weight excluding hydrogens is 200 g/mol. The fourth-order valence-corrected chi connectivity index (χ4v) is 2.19. The van der Waals surface area contributed by atoms with Crippen LogP contribution in [0.25, 0.3) is 0 Å². The highest BCUT2D eigenvalue weighted by atomic mass is 16.7. The van der Waals surface area contributed by atoms with Gasteiger partial charge in [0.25, 0.3) is 0 Å². The molecule has 0 spiro atoms. The molecule has 0 saturated carbocycles. The van der Waals surface area contributed by atoms with Gasteiger partial charge in [-0.15, -0.1) is 0 Å². The van der Waals surface area contributed by atoms with Crippen LogP contribution in [-0.2, 0) is 9.47 Å². The third-order valence-electron chi connectivity index (χ3n) is 3.94. The van der Waals surface area contributed by atoms with Crippen LogP contribution in [0.4, 0.5) is 0 Å². The molecule has 0 bridgehead atoms. The van der Waals surface area contributed by atoms with E-state index >= 15 is 0 Å². The van der Waals surface area contributed by atoms with Crippen LogP contribution in [0.3, 0.4) is 0 Å². The second-order valence-electron chi connectivity index (χ2n) is 5.11. The van der Waals surface area contributed by atoms with Gasteiger partial charge in [-0.05, 0) is 25.7 Å². The third-order valence-corrected chi connectivity index (χ3v) is 3.94. The molecule has 0 N–H and O–H groups in total. The lowest BCUT2D eigenvalue weighted by molar-refractivity contribution is -0.233. The van der Waals surface area contributed by atoms with Crippen molar-refractivity contribution >= 4 is 0 Å². The van der Waals surface area contributed by atoms with Gasteiger partial charge in [0, 0.05) is 5.41 Å². The van der Waals surface area contributed by atoms with E-state index in [0.29, 0.717) is 5.41 Å². The molecular formula is C14H28O2. The Morgan fingerprint density at radius 3 is 2.06 bits per heavy atom. The van der Waals surface area contributed by atoms with Crippen molar-refractivity contribution in [1.82, 2.24) is 0 Å². The summed E-state index contributed by atoms with van der Waals surface area (Å²) in [6.07, 6.45) is 8.64. The van der Waals surface area contributed by atoms with E-state index in [1.54, 1.807) is 0 Å². The van der Waals surface area contributed by atoms with Gasteiger partial charge in [-0.3, -0.25) is 0 Å². The fourth-order valence-electron chi connectivity index (χ4n) is 2.19. The van der Waals surface area contributed by atoms with Crippen LogP contribution in [0.2, 0.25) is 0 Å². The first-order valence-electron chi connectivity index (χ1n) is 6.99. The van der Waals surface area contributed by atoms with Crippen LogP contribution in [0, 0.1) is 5.41 Å². The highest BCUT2D eigenvalue weighted by molar-refractivity contribution is 4.78. The molecule has 1 aliphatic heterocycles. The van der Waals surface area contributed by atoms with Gasteiger partial charge in [0.15, 0.2) is 6.29 Å². The molecule has 0 aromatic carbocycles. The molecule has 1 saturated heterocycles. The van der Waals surface area contributed by atoms with Crippen LogP contribution in [0.15, 0.2) is 0 Å². The van der Waals surface area contributed by atoms with Crippen LogP contribution < -0.4 is 0 Å². The predicted octanol–water partition coefficient (Wildman–Crippen LogP) is 4.14. The Bertz CT molecular complexity index is 166. The van der Waals surface area contributed by atoms with Crippen molar-refractivity contribution in [2.24, 2.45) is 5.41 Å². The molecule has 0 atom stereocenters. The summed E-state index contributed by atoms with van der Waals surface area (Å²) < 4.78 is 11.7. The lowest BCUT2D eigenvalue weighted by atomic mass is 9.83. The first-order valence-corrected chi connectivity index (χ1v) is 6.99. The van der Waals surface area contributed by atoms with E-state index in [9.17, 15) is 0 Å². The summed E-state index contributed by atoms with van der Waals surface area (Å²) in [5.74, 6) is 0. The van der Waals surface area contributed by atoms with E-state index in [2.05, 4.69) is 20.8 Å². The van der Waals surface area contributed by atoms with E-state index < -0.39 is 0 Å². The molecule has 1 rings (SSSR count). The molecule has 2 nitrogen and oxygen atoms in total.